The minimum absolute atomic E-state index is 0.00303. The topological polar surface area (TPSA) is 49.9 Å². The summed E-state index contributed by atoms with van der Waals surface area (Å²) >= 11 is 0. The molecule has 3 rings (SSSR count). The van der Waals surface area contributed by atoms with Crippen LogP contribution in [0.25, 0.3) is 0 Å². The number of methoxy groups -OCH3 is 1. The van der Waals surface area contributed by atoms with Crippen LogP contribution in [0.4, 0.5) is 4.39 Å². The van der Waals surface area contributed by atoms with Crippen molar-refractivity contribution in [3.05, 3.63) is 65.5 Å². The maximum absolute atomic E-state index is 13.8. The highest BCUT2D eigenvalue weighted by atomic mass is 19.1. The lowest BCUT2D eigenvalue weighted by molar-refractivity contribution is -0.136. The summed E-state index contributed by atoms with van der Waals surface area (Å²) in [6.45, 7) is 3.75. The number of rotatable bonds is 5. The van der Waals surface area contributed by atoms with Gasteiger partial charge in [-0.15, -0.1) is 0 Å². The van der Waals surface area contributed by atoms with Gasteiger partial charge in [0.25, 0.3) is 5.91 Å². The Balaban J connectivity index is 1.56. The number of ether oxygens (including phenoxy) is 1. The first kappa shape index (κ1) is 19.9. The van der Waals surface area contributed by atoms with Crippen LogP contribution in [-0.2, 0) is 11.2 Å². The molecule has 28 heavy (non-hydrogen) atoms. The van der Waals surface area contributed by atoms with Crippen LogP contribution >= 0.6 is 0 Å². The molecular formula is C22H25FN2O3. The summed E-state index contributed by atoms with van der Waals surface area (Å²) in [5.41, 5.74) is 1.13. The monoisotopic (exact) mass is 384 g/mol. The van der Waals surface area contributed by atoms with Crippen LogP contribution in [0, 0.1) is 11.7 Å². The van der Waals surface area contributed by atoms with Gasteiger partial charge in [0.1, 0.15) is 11.6 Å². The Hall–Kier alpha value is -2.89. The molecule has 5 nitrogen and oxygen atoms in total. The number of amides is 2. The summed E-state index contributed by atoms with van der Waals surface area (Å²) in [7, 11) is 1.57. The Kier molecular flexibility index (Phi) is 6.29. The van der Waals surface area contributed by atoms with E-state index >= 15 is 0 Å². The smallest absolute Gasteiger partial charge is 0.254 e. The average molecular weight is 384 g/mol. The van der Waals surface area contributed by atoms with Gasteiger partial charge in [0.15, 0.2) is 0 Å². The minimum atomic E-state index is -0.308. The molecule has 1 unspecified atom stereocenters. The minimum Gasteiger partial charge on any atom is -0.497 e. The van der Waals surface area contributed by atoms with E-state index in [4.69, 9.17) is 4.74 Å². The predicted molar refractivity (Wildman–Crippen MR) is 105 cm³/mol. The van der Waals surface area contributed by atoms with Gasteiger partial charge in [-0.2, -0.15) is 0 Å². The lowest BCUT2D eigenvalue weighted by atomic mass is 9.99. The molecular weight excluding hydrogens is 359 g/mol. The van der Waals surface area contributed by atoms with Gasteiger partial charge >= 0.3 is 0 Å². The van der Waals surface area contributed by atoms with Crippen LogP contribution < -0.4 is 4.74 Å². The zero-order chi connectivity index (χ0) is 20.1. The second-order valence-electron chi connectivity index (χ2n) is 7.05. The van der Waals surface area contributed by atoms with Crippen molar-refractivity contribution in [3.63, 3.8) is 0 Å². The number of piperazine rings is 1. The summed E-state index contributed by atoms with van der Waals surface area (Å²) in [4.78, 5) is 28.9. The second kappa shape index (κ2) is 8.87. The van der Waals surface area contributed by atoms with Gasteiger partial charge in [-0.25, -0.2) is 4.39 Å². The Bertz CT molecular complexity index is 847. The largest absolute Gasteiger partial charge is 0.497 e. The number of carbonyl (C=O) groups excluding carboxylic acids is 2. The fraction of sp³-hybridized carbons (Fsp3) is 0.364. The van der Waals surface area contributed by atoms with E-state index in [0.29, 0.717) is 49.5 Å². The molecule has 2 aromatic carbocycles. The van der Waals surface area contributed by atoms with Crippen molar-refractivity contribution in [2.45, 2.75) is 13.3 Å². The molecule has 1 aliphatic heterocycles. The Morgan fingerprint density at radius 1 is 1.04 bits per heavy atom. The maximum atomic E-state index is 13.8. The molecule has 0 radical (unpaired) electrons. The van der Waals surface area contributed by atoms with Crippen LogP contribution in [-0.4, -0.2) is 54.9 Å². The van der Waals surface area contributed by atoms with Crippen LogP contribution in [0.15, 0.2) is 48.5 Å². The van der Waals surface area contributed by atoms with Crippen molar-refractivity contribution >= 4 is 11.8 Å². The van der Waals surface area contributed by atoms with E-state index in [0.717, 1.165) is 0 Å². The van der Waals surface area contributed by atoms with E-state index in [1.807, 2.05) is 6.92 Å². The number of benzene rings is 2. The Morgan fingerprint density at radius 2 is 1.71 bits per heavy atom. The zero-order valence-corrected chi connectivity index (χ0v) is 16.2. The van der Waals surface area contributed by atoms with Gasteiger partial charge in [0, 0.05) is 37.7 Å². The molecule has 0 aliphatic carbocycles. The lowest BCUT2D eigenvalue weighted by Crippen LogP contribution is -2.51. The molecule has 0 bridgehead atoms. The highest BCUT2D eigenvalue weighted by Gasteiger charge is 2.28. The molecule has 1 aliphatic rings. The summed E-state index contributed by atoms with van der Waals surface area (Å²) in [6.07, 6.45) is 0.370. The van der Waals surface area contributed by atoms with Crippen LogP contribution in [0.3, 0.4) is 0 Å². The molecule has 0 aromatic heterocycles. The quantitative estimate of drug-likeness (QED) is 0.796. The fourth-order valence-electron chi connectivity index (χ4n) is 3.46. The van der Waals surface area contributed by atoms with E-state index in [-0.39, 0.29) is 23.5 Å². The van der Waals surface area contributed by atoms with Gasteiger partial charge in [-0.3, -0.25) is 9.59 Å². The Labute approximate surface area is 164 Å². The van der Waals surface area contributed by atoms with Gasteiger partial charge in [-0.1, -0.05) is 31.2 Å². The number of halogens is 1. The molecule has 2 amide bonds. The first-order valence-corrected chi connectivity index (χ1v) is 9.45. The standard InChI is InChI=1S/C22H25FN2O3/c1-16(14-17-6-3-4-9-20(17)23)21(26)24-10-12-25(13-11-24)22(27)18-7-5-8-19(15-18)28-2/h3-9,15-16H,10-14H2,1-2H3. The normalized spacial score (nSPS) is 15.2. The van der Waals surface area contributed by atoms with Gasteiger partial charge < -0.3 is 14.5 Å². The van der Waals surface area contributed by atoms with E-state index in [1.54, 1.807) is 59.4 Å². The highest BCUT2D eigenvalue weighted by Crippen LogP contribution is 2.18. The van der Waals surface area contributed by atoms with Gasteiger partial charge in [0.2, 0.25) is 5.91 Å². The molecule has 1 atom stereocenters. The number of hydrogen-bond acceptors (Lipinski definition) is 3. The molecule has 1 saturated heterocycles. The molecule has 0 spiro atoms. The molecule has 0 N–H and O–H groups in total. The number of nitrogens with zero attached hydrogens (tertiary/aromatic N) is 2. The maximum Gasteiger partial charge on any atom is 0.254 e. The lowest BCUT2D eigenvalue weighted by Gasteiger charge is -2.36. The molecule has 2 aromatic rings. The van der Waals surface area contributed by atoms with Crippen LogP contribution in [0.5, 0.6) is 5.75 Å². The summed E-state index contributed by atoms with van der Waals surface area (Å²) in [5, 5.41) is 0. The average Bonchev–Trinajstić information content (AvgIpc) is 2.74. The first-order valence-electron chi connectivity index (χ1n) is 9.45. The molecule has 1 fully saturated rings. The summed E-state index contributed by atoms with van der Waals surface area (Å²) < 4.78 is 19.0. The Morgan fingerprint density at radius 3 is 2.39 bits per heavy atom. The van der Waals surface area contributed by atoms with E-state index in [1.165, 1.54) is 6.07 Å². The van der Waals surface area contributed by atoms with Crippen molar-refractivity contribution in [2.75, 3.05) is 33.3 Å². The molecule has 6 heteroatoms. The van der Waals surface area contributed by atoms with E-state index in [2.05, 4.69) is 0 Å². The third-order valence-corrected chi connectivity index (χ3v) is 5.10. The summed E-state index contributed by atoms with van der Waals surface area (Å²) in [6, 6.07) is 13.6. The first-order chi connectivity index (χ1) is 13.5. The van der Waals surface area contributed by atoms with E-state index in [9.17, 15) is 14.0 Å². The van der Waals surface area contributed by atoms with Crippen molar-refractivity contribution in [1.82, 2.24) is 9.80 Å². The highest BCUT2D eigenvalue weighted by molar-refractivity contribution is 5.94. The molecule has 0 saturated carbocycles. The van der Waals surface area contributed by atoms with Crippen molar-refractivity contribution < 1.29 is 18.7 Å². The van der Waals surface area contributed by atoms with Crippen molar-refractivity contribution in [3.8, 4) is 5.75 Å². The van der Waals surface area contributed by atoms with E-state index < -0.39 is 0 Å². The van der Waals surface area contributed by atoms with Crippen LogP contribution in [0.2, 0.25) is 0 Å². The van der Waals surface area contributed by atoms with Gasteiger partial charge in [0.05, 0.1) is 7.11 Å². The van der Waals surface area contributed by atoms with Crippen LogP contribution in [0.1, 0.15) is 22.8 Å². The predicted octanol–water partition coefficient (Wildman–Crippen LogP) is 3.00. The number of hydrogen-bond donors (Lipinski definition) is 0. The third-order valence-electron chi connectivity index (χ3n) is 5.10. The zero-order valence-electron chi connectivity index (χ0n) is 16.2. The third kappa shape index (κ3) is 4.50. The SMILES string of the molecule is COc1cccc(C(=O)N2CCN(C(=O)C(C)Cc3ccccc3F)CC2)c1. The number of carbonyl (C=O) groups is 2. The second-order valence-corrected chi connectivity index (χ2v) is 7.05. The molecule has 148 valence electrons. The molecule has 1 heterocycles. The fourth-order valence-corrected chi connectivity index (χ4v) is 3.46. The van der Waals surface area contributed by atoms with Crippen molar-refractivity contribution in [1.29, 1.82) is 0 Å². The summed E-state index contributed by atoms with van der Waals surface area (Å²) in [5.74, 6) is -0.0165. The van der Waals surface area contributed by atoms with Gasteiger partial charge in [-0.05, 0) is 36.2 Å². The van der Waals surface area contributed by atoms with Crippen molar-refractivity contribution in [2.24, 2.45) is 5.92 Å².